The molecule has 0 aromatic heterocycles. The zero-order valence-corrected chi connectivity index (χ0v) is 13.3. The van der Waals surface area contributed by atoms with E-state index in [1.54, 1.807) is 0 Å². The molecule has 2 aliphatic carbocycles. The highest BCUT2D eigenvalue weighted by atomic mass is 19.3. The SMILES string of the molecule is CCOC1CC(Nc2ccc([N+](=O)[O-])c(OC(F)F)c2)C12CCC2. The minimum absolute atomic E-state index is 0.0987. The van der Waals surface area contributed by atoms with Crippen LogP contribution in [0.2, 0.25) is 0 Å². The molecule has 0 saturated heterocycles. The van der Waals surface area contributed by atoms with Crippen molar-refractivity contribution in [2.24, 2.45) is 5.41 Å². The third-order valence-corrected chi connectivity index (χ3v) is 5.15. The highest BCUT2D eigenvalue weighted by molar-refractivity contribution is 5.59. The van der Waals surface area contributed by atoms with Gasteiger partial charge in [0, 0.05) is 35.9 Å². The standard InChI is InChI=1S/C16H20F2N2O4/c1-2-23-14-9-13(16(14)6-3-7-16)19-10-4-5-11(20(21)22)12(8-10)24-15(17)18/h4-5,8,13-15,19H,2-3,6-7,9H2,1H3. The first-order valence-corrected chi connectivity index (χ1v) is 8.07. The van der Waals surface area contributed by atoms with Crippen LogP contribution in [0.5, 0.6) is 5.75 Å². The van der Waals surface area contributed by atoms with Crippen LogP contribution < -0.4 is 10.1 Å². The lowest BCUT2D eigenvalue weighted by Gasteiger charge is -2.61. The monoisotopic (exact) mass is 342 g/mol. The second-order valence-corrected chi connectivity index (χ2v) is 6.28. The van der Waals surface area contributed by atoms with Gasteiger partial charge in [-0.3, -0.25) is 10.1 Å². The van der Waals surface area contributed by atoms with Gasteiger partial charge in [-0.25, -0.2) is 0 Å². The summed E-state index contributed by atoms with van der Waals surface area (Å²) < 4.78 is 35.0. The van der Waals surface area contributed by atoms with Crippen molar-refractivity contribution < 1.29 is 23.2 Å². The molecule has 0 heterocycles. The van der Waals surface area contributed by atoms with Crippen molar-refractivity contribution in [2.45, 2.75) is 51.4 Å². The summed E-state index contributed by atoms with van der Waals surface area (Å²) in [5, 5.41) is 14.2. The van der Waals surface area contributed by atoms with Gasteiger partial charge in [-0.15, -0.1) is 0 Å². The summed E-state index contributed by atoms with van der Waals surface area (Å²) in [6.45, 7) is -0.469. The average molecular weight is 342 g/mol. The maximum atomic E-state index is 12.5. The predicted molar refractivity (Wildman–Crippen MR) is 83.5 cm³/mol. The first kappa shape index (κ1) is 16.9. The highest BCUT2D eigenvalue weighted by Gasteiger charge is 2.58. The van der Waals surface area contributed by atoms with Crippen molar-refractivity contribution in [3.05, 3.63) is 28.3 Å². The van der Waals surface area contributed by atoms with Crippen LogP contribution in [0.4, 0.5) is 20.2 Å². The van der Waals surface area contributed by atoms with Gasteiger partial charge in [-0.2, -0.15) is 8.78 Å². The molecule has 2 unspecified atom stereocenters. The van der Waals surface area contributed by atoms with E-state index >= 15 is 0 Å². The summed E-state index contributed by atoms with van der Waals surface area (Å²) in [5.41, 5.74) is 0.170. The van der Waals surface area contributed by atoms with Gasteiger partial charge in [0.25, 0.3) is 0 Å². The molecule has 1 aromatic rings. The molecule has 0 amide bonds. The van der Waals surface area contributed by atoms with Crippen molar-refractivity contribution in [1.29, 1.82) is 0 Å². The lowest BCUT2D eigenvalue weighted by molar-refractivity contribution is -0.386. The van der Waals surface area contributed by atoms with Crippen molar-refractivity contribution in [1.82, 2.24) is 0 Å². The van der Waals surface area contributed by atoms with Gasteiger partial charge in [0.15, 0.2) is 0 Å². The van der Waals surface area contributed by atoms with Crippen molar-refractivity contribution in [2.75, 3.05) is 11.9 Å². The molecule has 0 bridgehead atoms. The molecule has 6 nitrogen and oxygen atoms in total. The Hall–Kier alpha value is -1.96. The number of benzene rings is 1. The highest BCUT2D eigenvalue weighted by Crippen LogP contribution is 2.58. The Labute approximate surface area is 138 Å². The number of ether oxygens (including phenoxy) is 2. The summed E-state index contributed by atoms with van der Waals surface area (Å²) in [6, 6.07) is 4.16. The zero-order chi connectivity index (χ0) is 17.3. The van der Waals surface area contributed by atoms with Crippen LogP contribution in [-0.2, 0) is 4.74 Å². The van der Waals surface area contributed by atoms with E-state index in [9.17, 15) is 18.9 Å². The smallest absolute Gasteiger partial charge is 0.387 e. The van der Waals surface area contributed by atoms with Crippen LogP contribution in [0.25, 0.3) is 0 Å². The number of nitrogens with zero attached hydrogens (tertiary/aromatic N) is 1. The maximum absolute atomic E-state index is 12.5. The molecule has 2 saturated carbocycles. The summed E-state index contributed by atoms with van der Waals surface area (Å²) >= 11 is 0. The minimum atomic E-state index is -3.11. The van der Waals surface area contributed by atoms with E-state index in [0.29, 0.717) is 12.3 Å². The van der Waals surface area contributed by atoms with E-state index < -0.39 is 23.0 Å². The van der Waals surface area contributed by atoms with E-state index in [2.05, 4.69) is 10.1 Å². The van der Waals surface area contributed by atoms with Gasteiger partial charge in [-0.1, -0.05) is 6.42 Å². The van der Waals surface area contributed by atoms with Crippen LogP contribution in [0.15, 0.2) is 18.2 Å². The molecule has 8 heteroatoms. The van der Waals surface area contributed by atoms with Gasteiger partial charge in [0.2, 0.25) is 5.75 Å². The fourth-order valence-corrected chi connectivity index (χ4v) is 3.79. The lowest BCUT2D eigenvalue weighted by atomic mass is 9.51. The zero-order valence-electron chi connectivity index (χ0n) is 13.3. The quantitative estimate of drug-likeness (QED) is 0.600. The first-order valence-electron chi connectivity index (χ1n) is 8.07. The van der Waals surface area contributed by atoms with Crippen molar-refractivity contribution in [3.8, 4) is 5.75 Å². The largest absolute Gasteiger partial charge is 0.427 e. The number of hydrogen-bond donors (Lipinski definition) is 1. The molecular formula is C16H20F2N2O4. The molecule has 1 spiro atoms. The Kier molecular flexibility index (Phi) is 4.58. The number of nitrogens with one attached hydrogen (secondary N) is 1. The van der Waals surface area contributed by atoms with E-state index in [-0.39, 0.29) is 17.6 Å². The molecule has 2 fully saturated rings. The molecule has 132 valence electrons. The molecule has 3 rings (SSSR count). The number of nitro benzene ring substituents is 1. The Balaban J connectivity index is 1.75. The molecule has 1 aromatic carbocycles. The van der Waals surface area contributed by atoms with E-state index in [0.717, 1.165) is 25.7 Å². The van der Waals surface area contributed by atoms with Gasteiger partial charge in [0.1, 0.15) is 0 Å². The number of hydrogen-bond acceptors (Lipinski definition) is 5. The minimum Gasteiger partial charge on any atom is -0.427 e. The number of rotatable bonds is 7. The normalized spacial score (nSPS) is 24.3. The first-order chi connectivity index (χ1) is 11.5. The summed E-state index contributed by atoms with van der Waals surface area (Å²) in [4.78, 5) is 10.2. The molecule has 0 aliphatic heterocycles. The van der Waals surface area contributed by atoms with Gasteiger partial charge >= 0.3 is 12.3 Å². The lowest BCUT2D eigenvalue weighted by Crippen LogP contribution is -2.64. The van der Waals surface area contributed by atoms with Gasteiger partial charge < -0.3 is 14.8 Å². The third kappa shape index (κ3) is 2.90. The number of nitro groups is 1. The third-order valence-electron chi connectivity index (χ3n) is 5.15. The van der Waals surface area contributed by atoms with Crippen LogP contribution in [-0.4, -0.2) is 30.3 Å². The van der Waals surface area contributed by atoms with Crippen LogP contribution in [0.3, 0.4) is 0 Å². The second kappa shape index (κ2) is 6.51. The van der Waals surface area contributed by atoms with E-state index in [1.807, 2.05) is 6.92 Å². The van der Waals surface area contributed by atoms with E-state index in [4.69, 9.17) is 4.74 Å². The number of alkyl halides is 2. The van der Waals surface area contributed by atoms with Crippen molar-refractivity contribution in [3.63, 3.8) is 0 Å². The molecule has 24 heavy (non-hydrogen) atoms. The van der Waals surface area contributed by atoms with Crippen LogP contribution >= 0.6 is 0 Å². The summed E-state index contributed by atoms with van der Waals surface area (Å²) in [6.07, 6.45) is 4.37. The number of halogens is 2. The van der Waals surface area contributed by atoms with Crippen LogP contribution in [0, 0.1) is 15.5 Å². The molecule has 0 radical (unpaired) electrons. The Morgan fingerprint density at radius 3 is 2.75 bits per heavy atom. The predicted octanol–water partition coefficient (Wildman–Crippen LogP) is 3.96. The summed E-state index contributed by atoms with van der Waals surface area (Å²) in [7, 11) is 0. The van der Waals surface area contributed by atoms with Crippen LogP contribution in [0.1, 0.15) is 32.6 Å². The fourth-order valence-electron chi connectivity index (χ4n) is 3.79. The molecule has 1 N–H and O–H groups in total. The Morgan fingerprint density at radius 1 is 1.46 bits per heavy atom. The van der Waals surface area contributed by atoms with Crippen molar-refractivity contribution >= 4 is 11.4 Å². The fraction of sp³-hybridized carbons (Fsp3) is 0.625. The maximum Gasteiger partial charge on any atom is 0.387 e. The Bertz CT molecular complexity index is 622. The Morgan fingerprint density at radius 2 is 2.21 bits per heavy atom. The second-order valence-electron chi connectivity index (χ2n) is 6.28. The van der Waals surface area contributed by atoms with Gasteiger partial charge in [-0.05, 0) is 32.3 Å². The summed E-state index contributed by atoms with van der Waals surface area (Å²) in [5.74, 6) is -0.427. The van der Waals surface area contributed by atoms with Gasteiger partial charge in [0.05, 0.1) is 11.0 Å². The van der Waals surface area contributed by atoms with E-state index in [1.165, 1.54) is 18.2 Å². The molecular weight excluding hydrogens is 322 g/mol. The number of anilines is 1. The molecule has 2 atom stereocenters. The average Bonchev–Trinajstić information content (AvgIpc) is 2.43. The molecule has 2 aliphatic rings. The topological polar surface area (TPSA) is 73.6 Å².